The summed E-state index contributed by atoms with van der Waals surface area (Å²) >= 11 is 0. The van der Waals surface area contributed by atoms with Gasteiger partial charge in [0.25, 0.3) is 10.9 Å². The Balaban J connectivity index is 1.61. The summed E-state index contributed by atoms with van der Waals surface area (Å²) in [5.74, 6) is 0.802. The van der Waals surface area contributed by atoms with E-state index < -0.39 is 10.9 Å². The molecule has 0 fully saturated rings. The van der Waals surface area contributed by atoms with Crippen molar-refractivity contribution in [2.24, 2.45) is 0 Å². The molecule has 6 nitrogen and oxygen atoms in total. The number of nitrogens with zero attached hydrogens (tertiary/aromatic N) is 1. The van der Waals surface area contributed by atoms with E-state index in [9.17, 15) is 14.8 Å². The van der Waals surface area contributed by atoms with Crippen molar-refractivity contribution in [3.63, 3.8) is 0 Å². The first-order valence-electron chi connectivity index (χ1n) is 9.39. The molecule has 0 aliphatic heterocycles. The Morgan fingerprint density at radius 3 is 2.36 bits per heavy atom. The average molecular weight is 380 g/mol. The van der Waals surface area contributed by atoms with Crippen molar-refractivity contribution in [3.05, 3.63) is 86.2 Å². The molecular weight excluding hydrogens is 356 g/mol. The Morgan fingerprint density at radius 1 is 0.964 bits per heavy atom. The molecule has 0 saturated carbocycles. The highest BCUT2D eigenvalue weighted by atomic mass is 16.5. The van der Waals surface area contributed by atoms with Crippen LogP contribution in [0.25, 0.3) is 0 Å². The Morgan fingerprint density at radius 2 is 1.68 bits per heavy atom. The average Bonchev–Trinajstić information content (AvgIpc) is 2.72. The summed E-state index contributed by atoms with van der Waals surface area (Å²) in [5.41, 5.74) is 0.638. The van der Waals surface area contributed by atoms with E-state index in [2.05, 4.69) is 12.2 Å². The molecule has 6 heteroatoms. The number of unbranched alkanes of at least 4 members (excludes halogenated alkanes) is 1. The molecule has 0 saturated heterocycles. The number of ether oxygens (including phenoxy) is 1. The Hall–Kier alpha value is -3.12. The number of hydroxylamine groups is 1. The van der Waals surface area contributed by atoms with Crippen LogP contribution in [0.4, 0.5) is 11.4 Å². The molecule has 0 unspecified atom stereocenters. The molecule has 3 aromatic carbocycles. The molecule has 0 atom stereocenters. The summed E-state index contributed by atoms with van der Waals surface area (Å²) in [5, 5.41) is 14.1. The quantitative estimate of drug-likeness (QED) is 0.319. The first kappa shape index (κ1) is 19.6. The Labute approximate surface area is 163 Å². The van der Waals surface area contributed by atoms with Crippen LogP contribution in [0.3, 0.4) is 0 Å². The molecule has 0 aliphatic carbocycles. The van der Waals surface area contributed by atoms with Gasteiger partial charge in [0.05, 0.1) is 13.2 Å². The fourth-order valence-corrected chi connectivity index (χ4v) is 2.85. The molecule has 146 valence electrons. The van der Waals surface area contributed by atoms with Gasteiger partial charge in [0.1, 0.15) is 17.1 Å². The van der Waals surface area contributed by atoms with E-state index in [1.807, 2.05) is 54.6 Å². The van der Waals surface area contributed by atoms with Crippen LogP contribution in [0.15, 0.2) is 64.2 Å². The highest BCUT2D eigenvalue weighted by molar-refractivity contribution is 5.74. The first-order chi connectivity index (χ1) is 13.6. The van der Waals surface area contributed by atoms with Crippen molar-refractivity contribution in [1.29, 1.82) is 0 Å². The fraction of sp³-hybridized carbons (Fsp3) is 0.273. The highest BCUT2D eigenvalue weighted by Gasteiger charge is 2.25. The van der Waals surface area contributed by atoms with Crippen LogP contribution < -0.4 is 26.0 Å². The van der Waals surface area contributed by atoms with Gasteiger partial charge in [0, 0.05) is 6.54 Å². The lowest BCUT2D eigenvalue weighted by Gasteiger charge is -2.21. The molecule has 3 rings (SSSR count). The molecule has 0 bridgehead atoms. The number of rotatable bonds is 10. The van der Waals surface area contributed by atoms with E-state index in [1.165, 1.54) is 0 Å². The maximum absolute atomic E-state index is 11.9. The molecule has 28 heavy (non-hydrogen) atoms. The van der Waals surface area contributed by atoms with Crippen LogP contribution >= 0.6 is 0 Å². The van der Waals surface area contributed by atoms with E-state index >= 15 is 0 Å². The van der Waals surface area contributed by atoms with Gasteiger partial charge in [0.15, 0.2) is 0 Å². The smallest absolute Gasteiger partial charge is 0.255 e. The molecule has 3 aromatic rings. The van der Waals surface area contributed by atoms with E-state index in [4.69, 9.17) is 4.74 Å². The van der Waals surface area contributed by atoms with Crippen molar-refractivity contribution in [1.82, 2.24) is 0 Å². The second kappa shape index (κ2) is 9.19. The second-order valence-corrected chi connectivity index (χ2v) is 6.62. The van der Waals surface area contributed by atoms with E-state index in [0.29, 0.717) is 13.2 Å². The van der Waals surface area contributed by atoms with E-state index in [-0.39, 0.29) is 17.9 Å². The molecular formula is C22H24N2O4. The minimum absolute atomic E-state index is 0.00775. The van der Waals surface area contributed by atoms with Crippen molar-refractivity contribution >= 4 is 11.4 Å². The summed E-state index contributed by atoms with van der Waals surface area (Å²) in [6, 6.07) is 16.8. The highest BCUT2D eigenvalue weighted by Crippen LogP contribution is 2.22. The van der Waals surface area contributed by atoms with Crippen LogP contribution in [0, 0.1) is 0 Å². The maximum Gasteiger partial charge on any atom is 0.255 e. The first-order valence-corrected chi connectivity index (χ1v) is 9.39. The van der Waals surface area contributed by atoms with Gasteiger partial charge in [-0.15, -0.1) is 0 Å². The minimum atomic E-state index is -0.680. The van der Waals surface area contributed by atoms with Gasteiger partial charge >= 0.3 is 0 Å². The minimum Gasteiger partial charge on any atom is -0.494 e. The third kappa shape index (κ3) is 4.58. The predicted octanol–water partition coefficient (Wildman–Crippen LogP) is 3.47. The number of benzene rings is 2. The van der Waals surface area contributed by atoms with Crippen molar-refractivity contribution in [2.75, 3.05) is 17.0 Å². The normalized spacial score (nSPS) is 10.8. The lowest BCUT2D eigenvalue weighted by atomic mass is 10.1. The zero-order chi connectivity index (χ0) is 19.9. The number of anilines is 2. The summed E-state index contributed by atoms with van der Waals surface area (Å²) in [6.45, 7) is 3.30. The van der Waals surface area contributed by atoms with Crippen molar-refractivity contribution in [2.45, 2.75) is 32.9 Å². The van der Waals surface area contributed by atoms with Crippen molar-refractivity contribution in [3.8, 4) is 5.75 Å². The Bertz CT molecular complexity index is 961. The summed E-state index contributed by atoms with van der Waals surface area (Å²) in [7, 11) is 0. The molecule has 0 spiro atoms. The lowest BCUT2D eigenvalue weighted by molar-refractivity contribution is 0.248. The van der Waals surface area contributed by atoms with Crippen molar-refractivity contribution < 1.29 is 9.94 Å². The fourth-order valence-electron chi connectivity index (χ4n) is 2.85. The third-order valence-corrected chi connectivity index (χ3v) is 4.48. The van der Waals surface area contributed by atoms with Gasteiger partial charge in [-0.05, 0) is 29.7 Å². The zero-order valence-corrected chi connectivity index (χ0v) is 15.9. The van der Waals surface area contributed by atoms with E-state index in [0.717, 1.165) is 34.8 Å². The number of hydrogen-bond acceptors (Lipinski definition) is 6. The summed E-state index contributed by atoms with van der Waals surface area (Å²) in [4.78, 5) is 23.8. The van der Waals surface area contributed by atoms with Gasteiger partial charge in [-0.1, -0.05) is 55.8 Å². The third-order valence-electron chi connectivity index (χ3n) is 4.48. The molecule has 0 radical (unpaired) electrons. The standard InChI is InChI=1S/C22H24N2O4/c1-2-3-13-28-18-11-9-16(10-12-18)14-23-19-20(22(26)21(19)25)24(27)15-17-7-5-4-6-8-17/h4-12,23,27H,2-3,13-15H2,1H3. The molecule has 0 aromatic heterocycles. The molecule has 0 amide bonds. The SMILES string of the molecule is CCCCOc1ccc(CNc2c(N(O)Cc3ccccc3)c(=O)c2=O)cc1. The van der Waals surface area contributed by atoms with Gasteiger partial charge in [-0.2, -0.15) is 0 Å². The molecule has 0 aliphatic rings. The predicted molar refractivity (Wildman–Crippen MR) is 110 cm³/mol. The second-order valence-electron chi connectivity index (χ2n) is 6.62. The van der Waals surface area contributed by atoms with Crippen LogP contribution in [-0.4, -0.2) is 11.8 Å². The summed E-state index contributed by atoms with van der Waals surface area (Å²) < 4.78 is 5.63. The molecule has 2 N–H and O–H groups in total. The lowest BCUT2D eigenvalue weighted by Crippen LogP contribution is -2.41. The topological polar surface area (TPSA) is 78.9 Å². The van der Waals surface area contributed by atoms with Crippen LogP contribution in [-0.2, 0) is 13.1 Å². The maximum atomic E-state index is 11.9. The summed E-state index contributed by atoms with van der Waals surface area (Å²) in [6.07, 6.45) is 2.09. The zero-order valence-electron chi connectivity index (χ0n) is 15.9. The molecule has 0 heterocycles. The van der Waals surface area contributed by atoms with Crippen LogP contribution in [0.5, 0.6) is 5.75 Å². The van der Waals surface area contributed by atoms with Crippen LogP contribution in [0.1, 0.15) is 30.9 Å². The van der Waals surface area contributed by atoms with Crippen LogP contribution in [0.2, 0.25) is 0 Å². The van der Waals surface area contributed by atoms with Gasteiger partial charge in [-0.25, -0.2) is 5.06 Å². The largest absolute Gasteiger partial charge is 0.494 e. The van der Waals surface area contributed by atoms with Gasteiger partial charge in [-0.3, -0.25) is 14.8 Å². The Kier molecular flexibility index (Phi) is 6.45. The van der Waals surface area contributed by atoms with E-state index in [1.54, 1.807) is 0 Å². The van der Waals surface area contributed by atoms with Gasteiger partial charge in [0.2, 0.25) is 0 Å². The van der Waals surface area contributed by atoms with Gasteiger partial charge < -0.3 is 10.1 Å². The monoisotopic (exact) mass is 380 g/mol. The number of nitrogens with one attached hydrogen (secondary N) is 1. The number of hydrogen-bond donors (Lipinski definition) is 2.